The lowest BCUT2D eigenvalue weighted by Gasteiger charge is -2.28. The summed E-state index contributed by atoms with van der Waals surface area (Å²) in [4.78, 5) is 6.20. The Hall–Kier alpha value is -0.780. The summed E-state index contributed by atoms with van der Waals surface area (Å²) >= 11 is 0. The first-order valence-corrected chi connectivity index (χ1v) is 5.91. The fourth-order valence-electron chi connectivity index (χ4n) is 1.73. The number of nitrogens with zero attached hydrogens (tertiary/aromatic N) is 2. The smallest absolute Gasteiger partial charge is 0.193 e. The van der Waals surface area contributed by atoms with E-state index in [1.165, 1.54) is 5.56 Å². The highest BCUT2D eigenvalue weighted by molar-refractivity contribution is 14.0. The van der Waals surface area contributed by atoms with Crippen molar-refractivity contribution in [1.29, 1.82) is 0 Å². The van der Waals surface area contributed by atoms with E-state index in [2.05, 4.69) is 48.4 Å². The molecule has 4 heteroatoms. The third-order valence-corrected chi connectivity index (χ3v) is 2.88. The van der Waals surface area contributed by atoms with E-state index in [4.69, 9.17) is 0 Å². The fraction of sp³-hybridized carbons (Fsp3) is 0.500. The van der Waals surface area contributed by atoms with Gasteiger partial charge in [-0.05, 0) is 5.56 Å². The third-order valence-electron chi connectivity index (χ3n) is 2.88. The predicted octanol–water partition coefficient (Wildman–Crippen LogP) is 2.72. The van der Waals surface area contributed by atoms with Gasteiger partial charge in [0.05, 0.1) is 0 Å². The number of guanidine groups is 1. The number of nitrogens with one attached hydrogen (secondary N) is 1. The van der Waals surface area contributed by atoms with Gasteiger partial charge >= 0.3 is 0 Å². The van der Waals surface area contributed by atoms with Gasteiger partial charge in [-0.2, -0.15) is 0 Å². The highest BCUT2D eigenvalue weighted by Gasteiger charge is 2.20. The molecule has 0 aromatic heterocycles. The van der Waals surface area contributed by atoms with E-state index in [-0.39, 0.29) is 29.4 Å². The van der Waals surface area contributed by atoms with Gasteiger partial charge in [0.25, 0.3) is 0 Å². The summed E-state index contributed by atoms with van der Waals surface area (Å²) in [6.07, 6.45) is 0. The van der Waals surface area contributed by atoms with Crippen molar-refractivity contribution in [2.75, 3.05) is 27.7 Å². The average Bonchev–Trinajstić information content (AvgIpc) is 2.30. The van der Waals surface area contributed by atoms with Crippen LogP contribution in [0.5, 0.6) is 0 Å². The third kappa shape index (κ3) is 4.84. The Morgan fingerprint density at radius 2 is 1.78 bits per heavy atom. The molecule has 0 amide bonds. The Bertz CT molecular complexity index is 372. The molecule has 0 radical (unpaired) electrons. The van der Waals surface area contributed by atoms with E-state index < -0.39 is 0 Å². The monoisotopic (exact) mass is 361 g/mol. The molecule has 0 fully saturated rings. The maximum Gasteiger partial charge on any atom is 0.193 e. The van der Waals surface area contributed by atoms with Gasteiger partial charge in [0.1, 0.15) is 0 Å². The van der Waals surface area contributed by atoms with Gasteiger partial charge in [0.2, 0.25) is 0 Å². The van der Waals surface area contributed by atoms with Crippen LogP contribution in [-0.4, -0.2) is 38.5 Å². The van der Waals surface area contributed by atoms with Crippen LogP contribution in [-0.2, 0) is 5.41 Å². The van der Waals surface area contributed by atoms with Gasteiger partial charge in [-0.3, -0.25) is 4.99 Å². The van der Waals surface area contributed by atoms with Crippen LogP contribution in [0.4, 0.5) is 0 Å². The number of benzene rings is 1. The Labute approximate surface area is 128 Å². The Kier molecular flexibility index (Phi) is 7.28. The molecule has 0 atom stereocenters. The second-order valence-corrected chi connectivity index (χ2v) is 5.05. The van der Waals surface area contributed by atoms with Crippen LogP contribution in [0.1, 0.15) is 19.4 Å². The van der Waals surface area contributed by atoms with Crippen molar-refractivity contribution >= 4 is 29.9 Å². The zero-order valence-corrected chi connectivity index (χ0v) is 14.2. The van der Waals surface area contributed by atoms with E-state index in [0.29, 0.717) is 0 Å². The Morgan fingerprint density at radius 1 is 1.22 bits per heavy atom. The van der Waals surface area contributed by atoms with Crippen LogP contribution in [0.3, 0.4) is 0 Å². The van der Waals surface area contributed by atoms with Gasteiger partial charge in [-0.25, -0.2) is 0 Å². The van der Waals surface area contributed by atoms with Crippen molar-refractivity contribution in [3.05, 3.63) is 35.9 Å². The molecule has 18 heavy (non-hydrogen) atoms. The zero-order chi connectivity index (χ0) is 12.9. The highest BCUT2D eigenvalue weighted by atomic mass is 127. The highest BCUT2D eigenvalue weighted by Crippen LogP contribution is 2.21. The van der Waals surface area contributed by atoms with Crippen LogP contribution in [0.2, 0.25) is 0 Å². The maximum absolute atomic E-state index is 4.22. The van der Waals surface area contributed by atoms with Gasteiger partial charge in [-0.15, -0.1) is 24.0 Å². The normalized spacial score (nSPS) is 11.7. The minimum atomic E-state index is 0. The fourth-order valence-corrected chi connectivity index (χ4v) is 1.73. The molecule has 1 rings (SSSR count). The number of rotatable bonds is 3. The van der Waals surface area contributed by atoms with Crippen LogP contribution in [0, 0.1) is 0 Å². The molecule has 3 nitrogen and oxygen atoms in total. The number of hydrogen-bond acceptors (Lipinski definition) is 1. The number of hydrogen-bond donors (Lipinski definition) is 1. The number of halogens is 1. The van der Waals surface area contributed by atoms with Crippen molar-refractivity contribution in [1.82, 2.24) is 10.2 Å². The first-order valence-electron chi connectivity index (χ1n) is 5.91. The molecule has 1 aromatic rings. The van der Waals surface area contributed by atoms with E-state index in [0.717, 1.165) is 12.5 Å². The molecule has 0 aliphatic heterocycles. The molecule has 0 saturated carbocycles. The molecular weight excluding hydrogens is 337 g/mol. The van der Waals surface area contributed by atoms with Crippen molar-refractivity contribution in [2.24, 2.45) is 4.99 Å². The standard InChI is InChI=1S/C14H23N3.HI/c1-14(2,12-9-7-6-8-10-12)11-16-13(15-3)17(4)5;/h6-10H,11H2,1-5H3,(H,15,16);1H. The molecule has 102 valence electrons. The van der Waals surface area contributed by atoms with Crippen molar-refractivity contribution in [3.8, 4) is 0 Å². The first-order chi connectivity index (χ1) is 7.97. The lowest BCUT2D eigenvalue weighted by molar-refractivity contribution is 0.488. The lowest BCUT2D eigenvalue weighted by atomic mass is 9.85. The largest absolute Gasteiger partial charge is 0.355 e. The van der Waals surface area contributed by atoms with Crippen LogP contribution < -0.4 is 5.32 Å². The minimum absolute atomic E-state index is 0. The van der Waals surface area contributed by atoms with Crippen LogP contribution in [0.15, 0.2) is 35.3 Å². The molecule has 0 spiro atoms. The molecule has 0 aliphatic rings. The summed E-state index contributed by atoms with van der Waals surface area (Å²) in [5.41, 5.74) is 1.43. The second kappa shape index (κ2) is 7.61. The lowest BCUT2D eigenvalue weighted by Crippen LogP contribution is -2.42. The summed E-state index contributed by atoms with van der Waals surface area (Å²) in [6, 6.07) is 10.5. The Balaban J connectivity index is 0.00000289. The van der Waals surface area contributed by atoms with Crippen LogP contribution >= 0.6 is 24.0 Å². The molecular formula is C14H24IN3. The van der Waals surface area contributed by atoms with Gasteiger partial charge in [0.15, 0.2) is 5.96 Å². The molecule has 0 bridgehead atoms. The molecule has 0 heterocycles. The summed E-state index contributed by atoms with van der Waals surface area (Å²) in [6.45, 7) is 5.33. The summed E-state index contributed by atoms with van der Waals surface area (Å²) in [5.74, 6) is 0.911. The van der Waals surface area contributed by atoms with Gasteiger partial charge < -0.3 is 10.2 Å². The topological polar surface area (TPSA) is 27.6 Å². The van der Waals surface area contributed by atoms with Crippen molar-refractivity contribution in [2.45, 2.75) is 19.3 Å². The summed E-state index contributed by atoms with van der Waals surface area (Å²) in [5, 5.41) is 3.38. The number of aliphatic imine (C=N–C) groups is 1. The quantitative estimate of drug-likeness (QED) is 0.509. The summed E-state index contributed by atoms with van der Waals surface area (Å²) < 4.78 is 0. The van der Waals surface area contributed by atoms with Crippen LogP contribution in [0.25, 0.3) is 0 Å². The molecule has 0 aliphatic carbocycles. The van der Waals surface area contributed by atoms with E-state index >= 15 is 0 Å². The Morgan fingerprint density at radius 3 is 2.22 bits per heavy atom. The minimum Gasteiger partial charge on any atom is -0.355 e. The molecule has 0 saturated heterocycles. The predicted molar refractivity (Wildman–Crippen MR) is 89.9 cm³/mol. The maximum atomic E-state index is 4.22. The zero-order valence-electron chi connectivity index (χ0n) is 11.9. The molecule has 0 unspecified atom stereocenters. The summed E-state index contributed by atoms with van der Waals surface area (Å²) in [7, 11) is 5.79. The van der Waals surface area contributed by atoms with Crippen molar-refractivity contribution < 1.29 is 0 Å². The van der Waals surface area contributed by atoms with Gasteiger partial charge in [-0.1, -0.05) is 44.2 Å². The second-order valence-electron chi connectivity index (χ2n) is 5.05. The average molecular weight is 361 g/mol. The first kappa shape index (κ1) is 17.2. The molecule has 1 aromatic carbocycles. The van der Waals surface area contributed by atoms with Crippen molar-refractivity contribution in [3.63, 3.8) is 0 Å². The van der Waals surface area contributed by atoms with Gasteiger partial charge in [0, 0.05) is 33.1 Å². The van der Waals surface area contributed by atoms with E-state index in [1.807, 2.05) is 25.1 Å². The van der Waals surface area contributed by atoms with E-state index in [1.54, 1.807) is 7.05 Å². The SMILES string of the molecule is CN=C(NCC(C)(C)c1ccccc1)N(C)C.I. The van der Waals surface area contributed by atoms with E-state index in [9.17, 15) is 0 Å². The molecule has 1 N–H and O–H groups in total.